The zero-order chi connectivity index (χ0) is 98.1. The van der Waals surface area contributed by atoms with Crippen LogP contribution in [0.5, 0.6) is 0 Å². The maximum absolute atomic E-state index is 15.2. The smallest absolute Gasteiger partial charge is 0.171 e. The van der Waals surface area contributed by atoms with Crippen LogP contribution < -0.4 is 37.1 Å². The summed E-state index contributed by atoms with van der Waals surface area (Å²) in [5, 5.41) is 16.0. The molecule has 30 rings (SSSR count). The molecule has 0 saturated carbocycles. The summed E-state index contributed by atoms with van der Waals surface area (Å²) in [7, 11) is -8.42. The van der Waals surface area contributed by atoms with Crippen molar-refractivity contribution in [2.45, 2.75) is 16.2 Å². The minimum absolute atomic E-state index is 0.350. The Hall–Kier alpha value is -17.0. The summed E-state index contributed by atoms with van der Waals surface area (Å²) >= 11 is 0. The van der Waals surface area contributed by atoms with E-state index in [0.717, 1.165) is 64.9 Å². The molecule has 6 aliphatic rings. The van der Waals surface area contributed by atoms with Crippen molar-refractivity contribution in [1.29, 1.82) is 0 Å². The van der Waals surface area contributed by atoms with E-state index in [9.17, 15) is 4.57 Å². The van der Waals surface area contributed by atoms with Gasteiger partial charge in [0.2, 0.25) is 0 Å². The van der Waals surface area contributed by atoms with Gasteiger partial charge >= 0.3 is 0 Å². The lowest BCUT2D eigenvalue weighted by Gasteiger charge is -2.31. The molecular formula is C141H95O3P3. The summed E-state index contributed by atoms with van der Waals surface area (Å²) in [6, 6.07) is 194. The Kier molecular flexibility index (Phi) is 20.4. The van der Waals surface area contributed by atoms with Gasteiger partial charge in [0, 0.05) is 37.1 Å². The number of benzene rings is 24. The van der Waals surface area contributed by atoms with Crippen LogP contribution in [-0.4, -0.2) is 13.3 Å². The lowest BCUT2D eigenvalue weighted by Crippen LogP contribution is -2.26. The maximum Gasteiger partial charge on any atom is 0.171 e. The molecular weight excluding hydrogens is 1830 g/mol. The van der Waals surface area contributed by atoms with Crippen LogP contribution in [-0.2, 0) is 29.9 Å². The van der Waals surface area contributed by atoms with Crippen molar-refractivity contribution in [3.8, 4) is 111 Å². The van der Waals surface area contributed by atoms with Crippen LogP contribution in [0.2, 0.25) is 0 Å². The molecule has 147 heavy (non-hydrogen) atoms. The van der Waals surface area contributed by atoms with Crippen LogP contribution in [0.4, 0.5) is 0 Å². The average molecular weight is 1930 g/mol. The maximum atomic E-state index is 15.2. The molecule has 0 heterocycles. The van der Waals surface area contributed by atoms with Gasteiger partial charge in [-0.1, -0.05) is 504 Å². The van der Waals surface area contributed by atoms with E-state index in [-0.39, 0.29) is 10.8 Å². The molecule has 24 aromatic carbocycles. The molecule has 1 unspecified atom stereocenters. The molecule has 0 fully saturated rings. The monoisotopic (exact) mass is 1930 g/mol. The highest BCUT2D eigenvalue weighted by molar-refractivity contribution is 7.85. The summed E-state index contributed by atoms with van der Waals surface area (Å²) in [6.07, 6.45) is 0. The second-order valence-electron chi connectivity index (χ2n) is 40.3. The molecule has 0 radical (unpaired) electrons. The Bertz CT molecular complexity index is 9530. The van der Waals surface area contributed by atoms with E-state index in [1.165, 1.54) is 193 Å². The molecule has 0 aliphatic heterocycles. The van der Waals surface area contributed by atoms with Gasteiger partial charge in [0.1, 0.15) is 7.14 Å². The van der Waals surface area contributed by atoms with E-state index in [2.05, 4.69) is 406 Å². The van der Waals surface area contributed by atoms with Crippen molar-refractivity contribution >= 4 is 102 Å². The predicted octanol–water partition coefficient (Wildman–Crippen LogP) is 32.9. The van der Waals surface area contributed by atoms with Crippen molar-refractivity contribution in [1.82, 2.24) is 0 Å². The van der Waals surface area contributed by atoms with Gasteiger partial charge in [0.25, 0.3) is 0 Å². The number of fused-ring (bicyclic) bond motifs is 36. The third-order valence-corrected chi connectivity index (χ3v) is 40.2. The summed E-state index contributed by atoms with van der Waals surface area (Å²) in [6.45, 7) is 3.64. The molecule has 0 bridgehead atoms. The number of rotatable bonds is 11. The fourth-order valence-corrected chi connectivity index (χ4v) is 32.2. The standard InChI is InChI=1S/C51H33OP.C47H31OP.C43H31OP/c52-53(39-18-3-1-4-19-39,40-20-5-2-6-21-40)41-28-26-34(27-29-41)42-23-13-25-47-50(42)45-31-36-15-8-10-17-38(36)33-49(45)51(47)46-24-12-11-22-43(46)44-30-35-14-7-9-16-37(35)32-48(44)51;48-49(35-14-3-1-4-15-35,36-16-5-2-6-17-36)37-27-23-32(24-28-37)34-26-29-44-41(31-34)46-38-18-8-7-13-33(38)25-30-45(46)47(44)42-21-11-9-19-39(42)40-20-10-12-22-43(40)47;1-45(2,44)33-23-19-29(20-24-33)28-15-17-30(18-16-28)32-22-25-40-37(27-32)42-34-10-4-3-9-31(34)21-26-41(42)43(40)38-13-7-5-11-35(38)36-12-6-8-14-39(36)43/h1-33H;1-31H;3-27H,1-2H3. The zero-order valence-corrected chi connectivity index (χ0v) is 83.6. The fraction of sp³-hybridized carbons (Fsp3) is 0.0355. The highest BCUT2D eigenvalue weighted by Crippen LogP contribution is 2.69. The van der Waals surface area contributed by atoms with Crippen LogP contribution >= 0.6 is 21.4 Å². The topological polar surface area (TPSA) is 51.2 Å². The summed E-state index contributed by atoms with van der Waals surface area (Å²) in [5.41, 5.74) is 39.8. The van der Waals surface area contributed by atoms with E-state index < -0.39 is 26.8 Å². The van der Waals surface area contributed by atoms with Gasteiger partial charge in [-0.15, -0.1) is 0 Å². The molecule has 0 saturated heterocycles. The van der Waals surface area contributed by atoms with Crippen LogP contribution in [0.1, 0.15) is 66.8 Å². The minimum Gasteiger partial charge on any atom is -0.319 e. The normalized spacial score (nSPS) is 14.3. The Morgan fingerprint density at radius 1 is 0.143 bits per heavy atom. The number of hydrogen-bond donors (Lipinski definition) is 0. The third-order valence-electron chi connectivity index (χ3n) is 32.5. The predicted molar refractivity (Wildman–Crippen MR) is 618 cm³/mol. The SMILES string of the molecule is CP(C)(=O)c1ccc(-c2ccc(-c3ccc4c(c3)-c3c(ccc5ccccc35)C43c4ccccc4-c4ccccc43)cc2)cc1.O=P(c1ccccc1)(c1ccccc1)c1ccc(-c2ccc3c(c2)-c2c(ccc4ccccc24)C32c3ccccc3-c3ccccc32)cc1.O=P(c1ccccc1)(c1ccccc1)c1ccc(-c2cccc3c2-c2cc4ccccc4cc2C32c3ccccc3-c3cc4ccccc4cc32)cc1. The van der Waals surface area contributed by atoms with Gasteiger partial charge in [-0.25, -0.2) is 0 Å². The Labute approximate surface area is 856 Å². The second-order valence-corrected chi connectivity index (χ2v) is 49.0. The van der Waals surface area contributed by atoms with Gasteiger partial charge < -0.3 is 13.7 Å². The van der Waals surface area contributed by atoms with Gasteiger partial charge in [-0.05, 0) is 271 Å². The van der Waals surface area contributed by atoms with E-state index in [4.69, 9.17) is 0 Å². The first-order valence-corrected chi connectivity index (χ1v) is 56.7. The first-order valence-electron chi connectivity index (χ1n) is 50.7. The molecule has 3 nitrogen and oxygen atoms in total. The van der Waals surface area contributed by atoms with Gasteiger partial charge in [0.15, 0.2) is 14.3 Å². The first kappa shape index (κ1) is 87.8. The first-order chi connectivity index (χ1) is 72.3. The summed E-state index contributed by atoms with van der Waals surface area (Å²) in [4.78, 5) is 0. The molecule has 0 amide bonds. The Balaban J connectivity index is 0.000000107. The molecule has 0 N–H and O–H groups in total. The molecule has 3 spiro atoms. The third kappa shape index (κ3) is 13.1. The van der Waals surface area contributed by atoms with Crippen LogP contribution in [0.25, 0.3) is 154 Å². The summed E-state index contributed by atoms with van der Waals surface area (Å²) in [5.74, 6) is 0. The average Bonchev–Trinajstić information content (AvgIpc) is 1.50. The fourth-order valence-electron chi connectivity index (χ4n) is 26.1. The van der Waals surface area contributed by atoms with Crippen LogP contribution in [0.15, 0.2) is 540 Å². The molecule has 6 heteroatoms. The quantitative estimate of drug-likeness (QED) is 0.121. The van der Waals surface area contributed by atoms with Crippen molar-refractivity contribution in [3.05, 3.63) is 607 Å². The molecule has 1 atom stereocenters. The highest BCUT2D eigenvalue weighted by atomic mass is 31.2. The molecule has 0 aromatic heterocycles. The Morgan fingerprint density at radius 2 is 0.381 bits per heavy atom. The van der Waals surface area contributed by atoms with Crippen molar-refractivity contribution < 1.29 is 13.7 Å². The van der Waals surface area contributed by atoms with E-state index >= 15 is 9.13 Å². The number of hydrogen-bond acceptors (Lipinski definition) is 3. The molecule has 692 valence electrons. The highest BCUT2D eigenvalue weighted by Gasteiger charge is 2.56. The van der Waals surface area contributed by atoms with Gasteiger partial charge in [0.05, 0.1) is 16.2 Å². The molecule has 6 aliphatic carbocycles. The Morgan fingerprint density at radius 3 is 0.762 bits per heavy atom. The minimum atomic E-state index is -3.10. The van der Waals surface area contributed by atoms with Crippen molar-refractivity contribution in [2.24, 2.45) is 0 Å². The van der Waals surface area contributed by atoms with E-state index in [1.807, 2.05) is 147 Å². The lowest BCUT2D eigenvalue weighted by molar-refractivity contribution is 0.588. The van der Waals surface area contributed by atoms with Crippen molar-refractivity contribution in [3.63, 3.8) is 0 Å². The lowest BCUT2D eigenvalue weighted by atomic mass is 9.70. The van der Waals surface area contributed by atoms with E-state index in [0.29, 0.717) is 0 Å². The van der Waals surface area contributed by atoms with Gasteiger partial charge in [-0.3, -0.25) is 0 Å². The van der Waals surface area contributed by atoms with E-state index in [1.54, 1.807) is 0 Å². The zero-order valence-electron chi connectivity index (χ0n) is 81.0. The molecule has 24 aromatic rings. The van der Waals surface area contributed by atoms with Crippen LogP contribution in [0.3, 0.4) is 0 Å². The summed E-state index contributed by atoms with van der Waals surface area (Å²) < 4.78 is 42.8. The van der Waals surface area contributed by atoms with Crippen LogP contribution in [0, 0.1) is 0 Å². The largest absolute Gasteiger partial charge is 0.319 e. The van der Waals surface area contributed by atoms with Crippen molar-refractivity contribution in [2.75, 3.05) is 13.3 Å². The second kappa shape index (κ2) is 34.1. The van der Waals surface area contributed by atoms with Gasteiger partial charge in [-0.2, -0.15) is 0 Å².